The second-order valence-corrected chi connectivity index (χ2v) is 11.5. The summed E-state index contributed by atoms with van der Waals surface area (Å²) in [6, 6.07) is 11.9. The van der Waals surface area contributed by atoms with Crippen LogP contribution in [0.25, 0.3) is 10.6 Å². The molecule has 3 rings (SSSR count). The third-order valence-corrected chi connectivity index (χ3v) is 7.84. The summed E-state index contributed by atoms with van der Waals surface area (Å²) < 4.78 is 29.9. The van der Waals surface area contributed by atoms with Gasteiger partial charge in [-0.25, -0.2) is 13.1 Å². The van der Waals surface area contributed by atoms with Crippen molar-refractivity contribution in [2.45, 2.75) is 70.7 Å². The summed E-state index contributed by atoms with van der Waals surface area (Å²) in [5, 5.41) is 2.01. The van der Waals surface area contributed by atoms with E-state index in [1.165, 1.54) is 5.56 Å². The zero-order valence-corrected chi connectivity index (χ0v) is 20.8. The minimum Gasteiger partial charge on any atom is -0.255 e. The maximum atomic E-state index is 13.5. The van der Waals surface area contributed by atoms with Gasteiger partial charge in [-0.05, 0) is 63.6 Å². The van der Waals surface area contributed by atoms with Crippen molar-refractivity contribution in [3.8, 4) is 10.6 Å². The number of rotatable bonds is 8. The van der Waals surface area contributed by atoms with E-state index in [1.54, 1.807) is 17.5 Å². The van der Waals surface area contributed by atoms with Crippen LogP contribution in [0.15, 0.2) is 52.9 Å². The molecule has 1 N–H and O–H groups in total. The monoisotopic (exact) mass is 456 g/mol. The molecule has 0 aliphatic carbocycles. The van der Waals surface area contributed by atoms with Gasteiger partial charge in [0.25, 0.3) is 0 Å². The molecule has 0 saturated heterocycles. The molecule has 0 radical (unpaired) electrons. The molecule has 166 valence electrons. The molecule has 0 amide bonds. The lowest BCUT2D eigenvalue weighted by Crippen LogP contribution is -2.26. The average molecular weight is 457 g/mol. The first-order chi connectivity index (χ1) is 14.6. The Morgan fingerprint density at radius 2 is 1.58 bits per heavy atom. The van der Waals surface area contributed by atoms with Crippen molar-refractivity contribution in [3.63, 3.8) is 0 Å². The Kier molecular flexibility index (Phi) is 7.35. The summed E-state index contributed by atoms with van der Waals surface area (Å²) in [4.78, 5) is 5.93. The number of sulfonamides is 1. The first-order valence-electron chi connectivity index (χ1n) is 10.8. The topological polar surface area (TPSA) is 59.1 Å². The Hall–Kier alpha value is -2.02. The van der Waals surface area contributed by atoms with Crippen molar-refractivity contribution in [2.75, 3.05) is 0 Å². The molecule has 3 aromatic rings. The fourth-order valence-electron chi connectivity index (χ4n) is 3.59. The molecule has 0 aliphatic heterocycles. The fraction of sp³-hybridized carbons (Fsp3) is 0.400. The van der Waals surface area contributed by atoms with E-state index < -0.39 is 10.0 Å². The fourth-order valence-corrected chi connectivity index (χ4v) is 6.00. The molecule has 0 aliphatic rings. The summed E-state index contributed by atoms with van der Waals surface area (Å²) in [7, 11) is -3.69. The maximum Gasteiger partial charge on any atom is 0.241 e. The number of aromatic nitrogens is 1. The molecule has 4 nitrogen and oxygen atoms in total. The van der Waals surface area contributed by atoms with Crippen LogP contribution in [-0.2, 0) is 16.6 Å². The van der Waals surface area contributed by atoms with Crippen molar-refractivity contribution in [1.82, 2.24) is 9.71 Å². The second kappa shape index (κ2) is 9.63. The smallest absolute Gasteiger partial charge is 0.241 e. The quantitative estimate of drug-likeness (QED) is 0.412. The van der Waals surface area contributed by atoms with Gasteiger partial charge < -0.3 is 0 Å². The summed E-state index contributed by atoms with van der Waals surface area (Å²) >= 11 is 1.62. The first kappa shape index (κ1) is 23.6. The predicted molar refractivity (Wildman–Crippen MR) is 130 cm³/mol. The van der Waals surface area contributed by atoms with E-state index in [9.17, 15) is 8.42 Å². The van der Waals surface area contributed by atoms with Gasteiger partial charge in [0.05, 0.1) is 15.5 Å². The van der Waals surface area contributed by atoms with Gasteiger partial charge in [-0.1, -0.05) is 59.7 Å². The molecular formula is C25H32N2O2S2. The lowest BCUT2D eigenvalue weighted by molar-refractivity contribution is 0.575. The summed E-state index contributed by atoms with van der Waals surface area (Å²) in [6.45, 7) is 12.7. The van der Waals surface area contributed by atoms with Gasteiger partial charge in [0.1, 0.15) is 0 Å². The molecule has 0 bridgehead atoms. The van der Waals surface area contributed by atoms with E-state index in [0.717, 1.165) is 27.3 Å². The Balaban J connectivity index is 1.97. The summed E-state index contributed by atoms with van der Waals surface area (Å²) in [5.41, 5.74) is 4.70. The Morgan fingerprint density at radius 3 is 2.10 bits per heavy atom. The zero-order chi connectivity index (χ0) is 22.8. The van der Waals surface area contributed by atoms with Gasteiger partial charge in [0.15, 0.2) is 0 Å². The highest BCUT2D eigenvalue weighted by atomic mass is 32.2. The van der Waals surface area contributed by atoms with Crippen molar-refractivity contribution < 1.29 is 8.42 Å². The van der Waals surface area contributed by atoms with Crippen molar-refractivity contribution in [3.05, 3.63) is 70.2 Å². The van der Waals surface area contributed by atoms with Crippen molar-refractivity contribution in [1.29, 1.82) is 0 Å². The highest BCUT2D eigenvalue weighted by Gasteiger charge is 2.26. The molecule has 31 heavy (non-hydrogen) atoms. The van der Waals surface area contributed by atoms with E-state index in [0.29, 0.717) is 10.8 Å². The molecule has 0 atom stereocenters. The first-order valence-corrected chi connectivity index (χ1v) is 13.1. The highest BCUT2D eigenvalue weighted by molar-refractivity contribution is 7.89. The maximum absolute atomic E-state index is 13.5. The van der Waals surface area contributed by atoms with Gasteiger partial charge >= 0.3 is 0 Å². The van der Waals surface area contributed by atoms with Gasteiger partial charge in [-0.15, -0.1) is 11.3 Å². The SMILES string of the molecule is CC(C)c1cc(C(C)C)c(S(=O)(=O)NCc2ccnc(-c3cccs3)c2)c(C(C)C)c1. The van der Waals surface area contributed by atoms with Crippen LogP contribution in [0.4, 0.5) is 0 Å². The van der Waals surface area contributed by atoms with E-state index in [2.05, 4.69) is 63.4 Å². The van der Waals surface area contributed by atoms with Gasteiger partial charge in [-0.3, -0.25) is 4.98 Å². The molecule has 6 heteroatoms. The van der Waals surface area contributed by atoms with Gasteiger partial charge in [0.2, 0.25) is 10.0 Å². The largest absolute Gasteiger partial charge is 0.255 e. The van der Waals surface area contributed by atoms with E-state index in [4.69, 9.17) is 0 Å². The molecular weight excluding hydrogens is 424 g/mol. The van der Waals surface area contributed by atoms with Crippen LogP contribution in [0.5, 0.6) is 0 Å². The molecule has 0 saturated carbocycles. The minimum atomic E-state index is -3.69. The third kappa shape index (κ3) is 5.43. The van der Waals surface area contributed by atoms with Crippen LogP contribution in [0, 0.1) is 0 Å². The number of pyridine rings is 1. The number of hydrogen-bond donors (Lipinski definition) is 1. The molecule has 2 aromatic heterocycles. The lowest BCUT2D eigenvalue weighted by Gasteiger charge is -2.23. The highest BCUT2D eigenvalue weighted by Crippen LogP contribution is 2.35. The number of thiophene rings is 1. The number of hydrogen-bond acceptors (Lipinski definition) is 4. The number of benzene rings is 1. The van der Waals surface area contributed by atoms with Crippen LogP contribution in [0.3, 0.4) is 0 Å². The third-order valence-electron chi connectivity index (χ3n) is 5.41. The summed E-state index contributed by atoms with van der Waals surface area (Å²) in [5.74, 6) is 0.551. The Bertz CT molecular complexity index is 1100. The standard InChI is InChI=1S/C25H32N2O2S2/c1-16(2)20-13-21(17(3)4)25(22(14-20)18(5)6)31(28,29)27-15-19-9-10-26-23(12-19)24-8-7-11-30-24/h7-14,16-18,27H,15H2,1-6H3. The number of nitrogens with zero attached hydrogens (tertiary/aromatic N) is 1. The molecule has 0 spiro atoms. The summed E-state index contributed by atoms with van der Waals surface area (Å²) in [6.07, 6.45) is 1.73. The van der Waals surface area contributed by atoms with E-state index >= 15 is 0 Å². The van der Waals surface area contributed by atoms with Crippen LogP contribution in [0.1, 0.15) is 81.5 Å². The van der Waals surface area contributed by atoms with Crippen molar-refractivity contribution >= 4 is 21.4 Å². The van der Waals surface area contributed by atoms with Crippen LogP contribution in [-0.4, -0.2) is 13.4 Å². The molecule has 0 fully saturated rings. The molecule has 0 unspecified atom stereocenters. The minimum absolute atomic E-state index is 0.106. The van der Waals surface area contributed by atoms with Crippen molar-refractivity contribution in [2.24, 2.45) is 0 Å². The molecule has 2 heterocycles. The van der Waals surface area contributed by atoms with Crippen LogP contribution < -0.4 is 4.72 Å². The Labute approximate surface area is 190 Å². The Morgan fingerprint density at radius 1 is 0.935 bits per heavy atom. The lowest BCUT2D eigenvalue weighted by atomic mass is 9.89. The number of nitrogens with one attached hydrogen (secondary N) is 1. The molecule has 1 aromatic carbocycles. The van der Waals surface area contributed by atoms with Gasteiger partial charge in [0, 0.05) is 12.7 Å². The van der Waals surface area contributed by atoms with Gasteiger partial charge in [-0.2, -0.15) is 0 Å². The predicted octanol–water partition coefficient (Wildman–Crippen LogP) is 6.66. The van der Waals surface area contributed by atoms with Crippen LogP contribution in [0.2, 0.25) is 0 Å². The van der Waals surface area contributed by atoms with E-state index in [-0.39, 0.29) is 18.4 Å². The normalized spacial score (nSPS) is 12.3. The van der Waals surface area contributed by atoms with Crippen LogP contribution >= 0.6 is 11.3 Å². The van der Waals surface area contributed by atoms with E-state index in [1.807, 2.05) is 29.6 Å². The zero-order valence-electron chi connectivity index (χ0n) is 19.1. The second-order valence-electron chi connectivity index (χ2n) is 8.84. The average Bonchev–Trinajstić information content (AvgIpc) is 3.26.